The average molecular weight is 390 g/mol. The Kier molecular flexibility index (Phi) is 6.89. The number of imide groups is 1. The van der Waals surface area contributed by atoms with Crippen LogP contribution >= 0.6 is 0 Å². The number of likely N-dealkylation sites (tertiary alicyclic amines) is 1. The largest absolute Gasteiger partial charge is 0.497 e. The van der Waals surface area contributed by atoms with Gasteiger partial charge in [-0.05, 0) is 12.1 Å². The quantitative estimate of drug-likeness (QED) is 0.672. The number of methoxy groups -OCH3 is 2. The number of halogens is 3. The summed E-state index contributed by atoms with van der Waals surface area (Å²) >= 11 is 0. The van der Waals surface area contributed by atoms with Crippen LogP contribution in [0.15, 0.2) is 18.2 Å². The van der Waals surface area contributed by atoms with Crippen molar-refractivity contribution in [2.45, 2.75) is 25.1 Å². The number of hydrogen-bond acceptors (Lipinski definition) is 4. The zero-order valence-electron chi connectivity index (χ0n) is 15.1. The van der Waals surface area contributed by atoms with Crippen LogP contribution in [-0.4, -0.2) is 52.0 Å². The van der Waals surface area contributed by atoms with Crippen molar-refractivity contribution in [2.24, 2.45) is 0 Å². The van der Waals surface area contributed by atoms with E-state index in [4.69, 9.17) is 9.47 Å². The Morgan fingerprint density at radius 3 is 2.63 bits per heavy atom. The van der Waals surface area contributed by atoms with E-state index in [1.165, 1.54) is 0 Å². The van der Waals surface area contributed by atoms with Gasteiger partial charge in [0.15, 0.2) is 6.54 Å². The van der Waals surface area contributed by atoms with Crippen molar-refractivity contribution in [2.75, 3.05) is 33.9 Å². The highest BCUT2D eigenvalue weighted by Crippen LogP contribution is 2.31. The first-order chi connectivity index (χ1) is 12.7. The maximum atomic E-state index is 12.1. The van der Waals surface area contributed by atoms with Gasteiger partial charge in [0.25, 0.3) is 5.91 Å². The number of nitrogens with one attached hydrogen (secondary N) is 3. The fourth-order valence-electron chi connectivity index (χ4n) is 3.21. The van der Waals surface area contributed by atoms with Crippen LogP contribution in [0.3, 0.4) is 0 Å². The van der Waals surface area contributed by atoms with Crippen molar-refractivity contribution in [3.63, 3.8) is 0 Å². The lowest BCUT2D eigenvalue weighted by molar-refractivity contribution is -0.910. The smallest absolute Gasteiger partial charge is 0.405 e. The molecule has 0 saturated carbocycles. The molecule has 1 aliphatic rings. The second kappa shape index (κ2) is 8.94. The van der Waals surface area contributed by atoms with Crippen molar-refractivity contribution < 1.29 is 37.1 Å². The van der Waals surface area contributed by atoms with E-state index in [9.17, 15) is 22.8 Å². The number of carbonyl (C=O) groups excluding carboxylic acids is 2. The first-order valence-corrected chi connectivity index (χ1v) is 8.44. The molecule has 1 heterocycles. The topological polar surface area (TPSA) is 81.1 Å². The highest BCUT2D eigenvalue weighted by Gasteiger charge is 2.34. The maximum Gasteiger partial charge on any atom is 0.405 e. The highest BCUT2D eigenvalue weighted by atomic mass is 19.4. The minimum atomic E-state index is -4.53. The highest BCUT2D eigenvalue weighted by molar-refractivity contribution is 5.94. The standard InChI is InChI=1S/C17H22F3N3O4/c1-26-11-5-6-12(14(8-11)27-2)13-4-3-7-23(13)9-15(24)22-16(25)21-10-17(18,19)20/h5-6,8,13H,3-4,7,9-10H2,1-2H3,(H2,21,22,24,25)/p+1/t13-/m0/s1. The van der Waals surface area contributed by atoms with Crippen molar-refractivity contribution in [3.8, 4) is 11.5 Å². The molecule has 0 aromatic heterocycles. The monoisotopic (exact) mass is 390 g/mol. The third kappa shape index (κ3) is 6.02. The van der Waals surface area contributed by atoms with E-state index in [0.29, 0.717) is 18.0 Å². The van der Waals surface area contributed by atoms with Gasteiger partial charge in [0.2, 0.25) is 0 Å². The minimum absolute atomic E-state index is 0.0187. The Hall–Kier alpha value is -2.49. The molecule has 1 aliphatic heterocycles. The molecule has 7 nitrogen and oxygen atoms in total. The molecule has 1 aromatic carbocycles. The molecule has 0 spiro atoms. The Balaban J connectivity index is 1.98. The van der Waals surface area contributed by atoms with Crippen LogP contribution in [0, 0.1) is 0 Å². The molecule has 150 valence electrons. The Bertz CT molecular complexity index is 682. The van der Waals surface area contributed by atoms with E-state index in [-0.39, 0.29) is 12.6 Å². The van der Waals surface area contributed by atoms with Gasteiger partial charge in [-0.25, -0.2) is 4.79 Å². The third-order valence-corrected chi connectivity index (χ3v) is 4.39. The fraction of sp³-hybridized carbons (Fsp3) is 0.529. The number of quaternary nitrogens is 1. The lowest BCUT2D eigenvalue weighted by Gasteiger charge is -2.23. The van der Waals surface area contributed by atoms with E-state index in [1.807, 2.05) is 11.4 Å². The summed E-state index contributed by atoms with van der Waals surface area (Å²) in [5, 5.41) is 3.55. The number of alkyl halides is 3. The summed E-state index contributed by atoms with van der Waals surface area (Å²) in [6, 6.07) is 4.26. The van der Waals surface area contributed by atoms with E-state index in [2.05, 4.69) is 0 Å². The average Bonchev–Trinajstić information content (AvgIpc) is 3.06. The van der Waals surface area contributed by atoms with Gasteiger partial charge in [0, 0.05) is 18.9 Å². The second-order valence-electron chi connectivity index (χ2n) is 6.23. The summed E-state index contributed by atoms with van der Waals surface area (Å²) in [4.78, 5) is 24.4. The van der Waals surface area contributed by atoms with Gasteiger partial charge in [-0.2, -0.15) is 13.2 Å². The van der Waals surface area contributed by atoms with E-state index in [1.54, 1.807) is 31.7 Å². The SMILES string of the molecule is COc1ccc([C@@H]2CCC[NH+]2CC(=O)NC(=O)NCC(F)(F)F)c(OC)c1. The van der Waals surface area contributed by atoms with Crippen molar-refractivity contribution in [1.29, 1.82) is 0 Å². The lowest BCUT2D eigenvalue weighted by atomic mass is 10.0. The predicted molar refractivity (Wildman–Crippen MR) is 89.8 cm³/mol. The van der Waals surface area contributed by atoms with Crippen molar-refractivity contribution in [3.05, 3.63) is 23.8 Å². The summed E-state index contributed by atoms with van der Waals surface area (Å²) in [6.45, 7) is -0.814. The van der Waals surface area contributed by atoms with Crippen LogP contribution in [0.4, 0.5) is 18.0 Å². The molecule has 1 unspecified atom stereocenters. The molecule has 27 heavy (non-hydrogen) atoms. The Morgan fingerprint density at radius 1 is 1.26 bits per heavy atom. The fourth-order valence-corrected chi connectivity index (χ4v) is 3.21. The molecular formula is C17H23F3N3O4+. The normalized spacial score (nSPS) is 19.4. The molecule has 2 atom stereocenters. The van der Waals surface area contributed by atoms with Gasteiger partial charge < -0.3 is 19.7 Å². The lowest BCUT2D eigenvalue weighted by Crippen LogP contribution is -3.11. The van der Waals surface area contributed by atoms with Crippen LogP contribution < -0.4 is 25.0 Å². The van der Waals surface area contributed by atoms with Crippen molar-refractivity contribution in [1.82, 2.24) is 10.6 Å². The predicted octanol–water partition coefficient (Wildman–Crippen LogP) is 0.812. The molecule has 3 N–H and O–H groups in total. The molecule has 3 amide bonds. The molecule has 1 fully saturated rings. The molecular weight excluding hydrogens is 367 g/mol. The van der Waals surface area contributed by atoms with E-state index in [0.717, 1.165) is 23.3 Å². The number of amides is 3. The van der Waals surface area contributed by atoms with Crippen LogP contribution in [0.5, 0.6) is 11.5 Å². The number of ether oxygens (including phenoxy) is 2. The van der Waals surface area contributed by atoms with Crippen LogP contribution in [0.2, 0.25) is 0 Å². The number of carbonyl (C=O) groups is 2. The Labute approximate surface area is 154 Å². The zero-order chi connectivity index (χ0) is 20.0. The van der Waals surface area contributed by atoms with E-state index >= 15 is 0 Å². The summed E-state index contributed by atoms with van der Waals surface area (Å²) in [5.74, 6) is 0.653. The molecule has 1 saturated heterocycles. The number of hydrogen-bond donors (Lipinski definition) is 3. The summed E-state index contributed by atoms with van der Waals surface area (Å²) in [6.07, 6.45) is -2.83. The van der Waals surface area contributed by atoms with Gasteiger partial charge in [-0.1, -0.05) is 0 Å². The number of rotatable bonds is 6. The van der Waals surface area contributed by atoms with Crippen molar-refractivity contribution >= 4 is 11.9 Å². The third-order valence-electron chi connectivity index (χ3n) is 4.39. The number of benzene rings is 1. The van der Waals surface area contributed by atoms with Crippen LogP contribution in [-0.2, 0) is 4.79 Å². The minimum Gasteiger partial charge on any atom is -0.497 e. The first kappa shape index (κ1) is 20.8. The first-order valence-electron chi connectivity index (χ1n) is 8.44. The van der Waals surface area contributed by atoms with Gasteiger partial charge in [0.1, 0.15) is 24.1 Å². The molecule has 0 aliphatic carbocycles. The maximum absolute atomic E-state index is 12.1. The zero-order valence-corrected chi connectivity index (χ0v) is 15.1. The van der Waals surface area contributed by atoms with Gasteiger partial charge in [-0.3, -0.25) is 10.1 Å². The van der Waals surface area contributed by atoms with Crippen LogP contribution in [0.25, 0.3) is 0 Å². The summed E-state index contributed by atoms with van der Waals surface area (Å²) < 4.78 is 46.9. The Morgan fingerprint density at radius 2 is 2.00 bits per heavy atom. The molecule has 2 rings (SSSR count). The van der Waals surface area contributed by atoms with E-state index < -0.39 is 24.7 Å². The second-order valence-corrected chi connectivity index (χ2v) is 6.23. The van der Waals surface area contributed by atoms with Gasteiger partial charge >= 0.3 is 12.2 Å². The molecule has 0 bridgehead atoms. The van der Waals surface area contributed by atoms with Gasteiger partial charge in [-0.15, -0.1) is 0 Å². The summed E-state index contributed by atoms with van der Waals surface area (Å²) in [7, 11) is 3.10. The van der Waals surface area contributed by atoms with Crippen LogP contribution in [0.1, 0.15) is 24.4 Å². The summed E-state index contributed by atoms with van der Waals surface area (Å²) in [5.41, 5.74) is 0.917. The molecule has 10 heteroatoms. The molecule has 0 radical (unpaired) electrons. The molecule has 1 aromatic rings. The van der Waals surface area contributed by atoms with Gasteiger partial charge in [0.05, 0.1) is 26.3 Å². The number of urea groups is 1.